The Labute approximate surface area is 130 Å². The Morgan fingerprint density at radius 2 is 1.50 bits per heavy atom. The second-order valence-corrected chi connectivity index (χ2v) is 8.92. The van der Waals surface area contributed by atoms with Gasteiger partial charge in [0.2, 0.25) is 0 Å². The molecule has 0 aromatic heterocycles. The van der Waals surface area contributed by atoms with Crippen molar-refractivity contribution in [3.05, 3.63) is 30.3 Å². The average Bonchev–Trinajstić information content (AvgIpc) is 2.06. The van der Waals surface area contributed by atoms with Crippen molar-refractivity contribution >= 4 is 54.1 Å². The number of para-hydroxylation sites is 1. The molecule has 0 atom stereocenters. The van der Waals surface area contributed by atoms with E-state index in [9.17, 15) is 9.90 Å². The number of alkyl halides is 3. The quantitative estimate of drug-likeness (QED) is 0.346. The van der Waals surface area contributed by atoms with Gasteiger partial charge in [0, 0.05) is 0 Å². The zero-order valence-electron chi connectivity index (χ0n) is 7.41. The molecule has 0 radical (unpaired) electrons. The fraction of sp³-hybridized carbons (Fsp3) is 0.125. The molecule has 0 aliphatic heterocycles. The van der Waals surface area contributed by atoms with Crippen LogP contribution in [-0.4, -0.2) is 8.43 Å². The number of aldehydes is 1. The first-order valence-corrected chi connectivity index (χ1v) is 5.59. The van der Waals surface area contributed by atoms with Crippen LogP contribution in [0.25, 0.3) is 0 Å². The molecule has 0 saturated heterocycles. The topological polar surface area (TPSA) is 40.1 Å². The van der Waals surface area contributed by atoms with E-state index in [1.165, 1.54) is 12.1 Å². The molecule has 0 aliphatic carbocycles. The van der Waals surface area contributed by atoms with Crippen LogP contribution >= 0.6 is 47.8 Å². The van der Waals surface area contributed by atoms with Gasteiger partial charge in [0.25, 0.3) is 0 Å². The Kier molecular flexibility index (Phi) is 11.7. The van der Waals surface area contributed by atoms with Crippen LogP contribution in [0.15, 0.2) is 30.3 Å². The molecule has 0 spiro atoms. The van der Waals surface area contributed by atoms with Gasteiger partial charge < -0.3 is 5.11 Å². The van der Waals surface area contributed by atoms with E-state index in [4.69, 9.17) is 0 Å². The molecule has 1 rings (SSSR count). The Morgan fingerprint density at radius 1 is 1.14 bits per heavy atom. The average molecular weight is 397 g/mol. The first-order valence-electron chi connectivity index (χ1n) is 3.21. The van der Waals surface area contributed by atoms with E-state index >= 15 is 0 Å². The van der Waals surface area contributed by atoms with Crippen LogP contribution in [0.5, 0.6) is 5.75 Å². The number of benzene rings is 1. The molecule has 0 amide bonds. The minimum atomic E-state index is -0.701. The number of hydrogen-bond acceptors (Lipinski definition) is 2. The van der Waals surface area contributed by atoms with Gasteiger partial charge in [-0.2, -0.15) is 0 Å². The van der Waals surface area contributed by atoms with Crippen LogP contribution in [0.4, 0.5) is 0 Å². The zero-order chi connectivity index (χ0) is 10.3. The molecule has 0 aliphatic rings. The summed E-state index contributed by atoms with van der Waals surface area (Å²) in [6.07, 6.45) is 0.688. The number of carbonyl (C=O) groups is 1. The minimum Gasteiger partial charge on any atom is -0.872 e. The van der Waals surface area contributed by atoms with Crippen LogP contribution in [0, 0.1) is 0 Å². The maximum absolute atomic E-state index is 10.3. The van der Waals surface area contributed by atoms with Gasteiger partial charge in [-0.3, -0.25) is 4.79 Å². The van der Waals surface area contributed by atoms with Crippen molar-refractivity contribution in [2.45, 2.75) is 2.14 Å². The summed E-state index contributed by atoms with van der Waals surface area (Å²) in [6.45, 7) is 0. The van der Waals surface area contributed by atoms with Crippen LogP contribution in [0.1, 0.15) is 0 Å². The largest absolute Gasteiger partial charge is 1.00 e. The number of carbonyl (C=O) groups excluding carboxylic acids is 1. The number of rotatable bonds is 0. The molecular formula is C8H6Br3NaO2. The molecule has 0 saturated carbocycles. The van der Waals surface area contributed by atoms with Crippen molar-refractivity contribution in [2.24, 2.45) is 0 Å². The van der Waals surface area contributed by atoms with E-state index in [2.05, 4.69) is 47.8 Å². The maximum Gasteiger partial charge on any atom is 1.00 e. The Hall–Kier alpha value is 1.13. The van der Waals surface area contributed by atoms with Crippen molar-refractivity contribution in [3.8, 4) is 5.75 Å². The number of halogens is 3. The summed E-state index contributed by atoms with van der Waals surface area (Å²) in [4.78, 5) is 9.69. The smallest absolute Gasteiger partial charge is 0.872 e. The van der Waals surface area contributed by atoms with Gasteiger partial charge >= 0.3 is 29.6 Å². The van der Waals surface area contributed by atoms with Crippen molar-refractivity contribution in [1.82, 2.24) is 0 Å². The predicted molar refractivity (Wildman–Crippen MR) is 61.5 cm³/mol. The molecule has 0 unspecified atom stereocenters. The molecule has 0 fully saturated rings. The van der Waals surface area contributed by atoms with Gasteiger partial charge in [0.1, 0.15) is 0 Å². The summed E-state index contributed by atoms with van der Waals surface area (Å²) in [5.41, 5.74) is 0. The summed E-state index contributed by atoms with van der Waals surface area (Å²) in [5.74, 6) is 0.0718. The van der Waals surface area contributed by atoms with Gasteiger partial charge in [0.05, 0.1) is 0 Å². The summed E-state index contributed by atoms with van der Waals surface area (Å²) >= 11 is 8.83. The van der Waals surface area contributed by atoms with E-state index in [1.807, 2.05) is 6.07 Å². The van der Waals surface area contributed by atoms with Gasteiger partial charge in [-0.05, 0) is 0 Å². The van der Waals surface area contributed by atoms with E-state index < -0.39 is 2.14 Å². The zero-order valence-corrected chi connectivity index (χ0v) is 14.2. The van der Waals surface area contributed by atoms with Crippen LogP contribution < -0.4 is 34.7 Å². The standard InChI is InChI=1S/C6H6O.C2HBr3O.Na/c7-6-4-2-1-3-5-6;3-2(4,5)1-6;/h1-5,7H;1H;/q;;+1/p-1. The SMILES string of the molecule is O=CC(Br)(Br)Br.[Na+].[O-]c1ccccc1. The number of hydrogen-bond donors (Lipinski definition) is 0. The monoisotopic (exact) mass is 394 g/mol. The van der Waals surface area contributed by atoms with E-state index in [1.54, 1.807) is 12.1 Å². The second kappa shape index (κ2) is 9.36. The predicted octanol–water partition coefficient (Wildman–Crippen LogP) is -0.212. The first kappa shape index (κ1) is 17.5. The summed E-state index contributed by atoms with van der Waals surface area (Å²) in [5, 5.41) is 10.3. The Balaban J connectivity index is 0. The normalized spacial score (nSPS) is 9.07. The van der Waals surface area contributed by atoms with Crippen molar-refractivity contribution in [2.75, 3.05) is 0 Å². The van der Waals surface area contributed by atoms with Gasteiger partial charge in [-0.1, -0.05) is 78.1 Å². The molecule has 0 bridgehead atoms. The molecule has 1 aromatic rings. The van der Waals surface area contributed by atoms with Crippen LogP contribution in [0.2, 0.25) is 0 Å². The van der Waals surface area contributed by atoms with Crippen LogP contribution in [0.3, 0.4) is 0 Å². The van der Waals surface area contributed by atoms with Crippen molar-refractivity contribution in [3.63, 3.8) is 0 Å². The third-order valence-electron chi connectivity index (χ3n) is 0.877. The minimum absolute atomic E-state index is 0. The molecule has 0 N–H and O–H groups in total. The van der Waals surface area contributed by atoms with Crippen molar-refractivity contribution in [1.29, 1.82) is 0 Å². The molecule has 1 aromatic carbocycles. The molecule has 14 heavy (non-hydrogen) atoms. The maximum atomic E-state index is 10.3. The molecule has 2 nitrogen and oxygen atoms in total. The fourth-order valence-electron chi connectivity index (χ4n) is 0.420. The van der Waals surface area contributed by atoms with Gasteiger partial charge in [0.15, 0.2) is 8.43 Å². The second-order valence-electron chi connectivity index (χ2n) is 1.97. The van der Waals surface area contributed by atoms with E-state index in [0.717, 1.165) is 0 Å². The summed E-state index contributed by atoms with van der Waals surface area (Å²) in [7, 11) is 0. The molecular weight excluding hydrogens is 391 g/mol. The third-order valence-corrected chi connectivity index (χ3v) is 1.44. The van der Waals surface area contributed by atoms with Crippen molar-refractivity contribution < 1.29 is 39.5 Å². The molecule has 72 valence electrons. The van der Waals surface area contributed by atoms with Crippen LogP contribution in [-0.2, 0) is 4.79 Å². The summed E-state index contributed by atoms with van der Waals surface area (Å²) < 4.78 is -0.701. The fourth-order valence-corrected chi connectivity index (χ4v) is 0.420. The van der Waals surface area contributed by atoms with Gasteiger partial charge in [-0.15, -0.1) is 5.75 Å². The summed E-state index contributed by atoms with van der Waals surface area (Å²) in [6, 6.07) is 8.33. The first-order chi connectivity index (χ1) is 5.95. The van der Waals surface area contributed by atoms with E-state index in [-0.39, 0.29) is 35.3 Å². The van der Waals surface area contributed by atoms with Gasteiger partial charge in [-0.25, -0.2) is 0 Å². The third kappa shape index (κ3) is 13.1. The molecule has 0 heterocycles. The Bertz CT molecular complexity index is 249. The molecule has 6 heteroatoms. The Morgan fingerprint density at radius 3 is 1.64 bits per heavy atom. The van der Waals surface area contributed by atoms with E-state index in [0.29, 0.717) is 6.29 Å².